The topological polar surface area (TPSA) is 61.0 Å². The van der Waals surface area contributed by atoms with Gasteiger partial charge < -0.3 is 9.15 Å². The van der Waals surface area contributed by atoms with Gasteiger partial charge in [0.15, 0.2) is 17.5 Å². The van der Waals surface area contributed by atoms with Gasteiger partial charge in [-0.15, -0.1) is 0 Å². The van der Waals surface area contributed by atoms with Gasteiger partial charge in [-0.05, 0) is 80.6 Å². The summed E-state index contributed by atoms with van der Waals surface area (Å²) in [5.41, 5.74) is 13.0. The van der Waals surface area contributed by atoms with Gasteiger partial charge in [-0.3, -0.25) is 0 Å². The maximum absolute atomic E-state index is 6.86. The third-order valence-electron chi connectivity index (χ3n) is 12.6. The summed E-state index contributed by atoms with van der Waals surface area (Å²) < 4.78 is 13.4. The van der Waals surface area contributed by atoms with Gasteiger partial charge in [0.25, 0.3) is 0 Å². The molecule has 0 saturated heterocycles. The normalized spacial score (nSPS) is 13.2. The molecule has 5 nitrogen and oxygen atoms in total. The van der Waals surface area contributed by atoms with Crippen molar-refractivity contribution in [2.24, 2.45) is 0 Å². The summed E-state index contributed by atoms with van der Waals surface area (Å²) in [5, 5.41) is 4.41. The number of para-hydroxylation sites is 2. The molecule has 1 aliphatic carbocycles. The molecule has 0 unspecified atom stereocenters. The van der Waals surface area contributed by atoms with Crippen molar-refractivity contribution in [2.45, 2.75) is 5.41 Å². The van der Waals surface area contributed by atoms with E-state index >= 15 is 0 Å². The number of hydrogen-bond donors (Lipinski definition) is 0. The van der Waals surface area contributed by atoms with E-state index in [0.717, 1.165) is 72.4 Å². The molecule has 5 heteroatoms. The van der Waals surface area contributed by atoms with Crippen LogP contribution in [-0.4, -0.2) is 15.0 Å². The highest BCUT2D eigenvalue weighted by molar-refractivity contribution is 6.14. The molecule has 3 heterocycles. The van der Waals surface area contributed by atoms with Crippen LogP contribution in [0.5, 0.6) is 11.5 Å². The van der Waals surface area contributed by atoms with Crippen molar-refractivity contribution in [1.82, 2.24) is 15.0 Å². The first-order chi connectivity index (χ1) is 30.2. The van der Waals surface area contributed by atoms with E-state index in [0.29, 0.717) is 17.5 Å². The number of rotatable bonds is 4. The summed E-state index contributed by atoms with van der Waals surface area (Å²) in [6.07, 6.45) is 0. The fourth-order valence-corrected chi connectivity index (χ4v) is 9.88. The highest BCUT2D eigenvalue weighted by Crippen LogP contribution is 2.62. The summed E-state index contributed by atoms with van der Waals surface area (Å²) in [5.74, 6) is 3.52. The lowest BCUT2D eigenvalue weighted by Gasteiger charge is -2.39. The number of ether oxygens (including phenoxy) is 1. The predicted molar refractivity (Wildman–Crippen MR) is 244 cm³/mol. The fraction of sp³-hybridized carbons (Fsp3) is 0.0179. The Labute approximate surface area is 351 Å². The van der Waals surface area contributed by atoms with E-state index in [1.807, 2.05) is 54.6 Å². The van der Waals surface area contributed by atoms with Crippen molar-refractivity contribution < 1.29 is 9.15 Å². The van der Waals surface area contributed by atoms with E-state index in [1.165, 1.54) is 33.0 Å². The molecular weight excluding hydrogens is 747 g/mol. The van der Waals surface area contributed by atoms with Gasteiger partial charge in [0.05, 0.1) is 5.41 Å². The first-order valence-corrected chi connectivity index (χ1v) is 20.6. The predicted octanol–water partition coefficient (Wildman–Crippen LogP) is 14.1. The van der Waals surface area contributed by atoms with E-state index in [4.69, 9.17) is 24.1 Å². The van der Waals surface area contributed by atoms with Crippen LogP contribution in [0.2, 0.25) is 0 Å². The molecular formula is C56H33N3O2. The van der Waals surface area contributed by atoms with Crippen molar-refractivity contribution in [3.63, 3.8) is 0 Å². The number of furan rings is 1. The van der Waals surface area contributed by atoms with Gasteiger partial charge in [0.2, 0.25) is 0 Å². The van der Waals surface area contributed by atoms with Crippen LogP contribution in [0.25, 0.3) is 89.1 Å². The van der Waals surface area contributed by atoms with Gasteiger partial charge in [-0.2, -0.15) is 0 Å². The lowest BCUT2D eigenvalue weighted by Crippen LogP contribution is -2.32. The molecule has 1 aliphatic heterocycles. The van der Waals surface area contributed by atoms with Crippen LogP contribution in [0.15, 0.2) is 205 Å². The minimum Gasteiger partial charge on any atom is -0.457 e. The molecule has 61 heavy (non-hydrogen) atoms. The third kappa shape index (κ3) is 4.98. The molecule has 0 fully saturated rings. The summed E-state index contributed by atoms with van der Waals surface area (Å²) >= 11 is 0. The Morgan fingerprint density at radius 1 is 0.344 bits per heavy atom. The van der Waals surface area contributed by atoms with Crippen molar-refractivity contribution in [3.05, 3.63) is 222 Å². The Morgan fingerprint density at radius 2 is 0.934 bits per heavy atom. The first kappa shape index (κ1) is 33.8. The summed E-state index contributed by atoms with van der Waals surface area (Å²) in [4.78, 5) is 15.5. The fourth-order valence-electron chi connectivity index (χ4n) is 9.88. The highest BCUT2D eigenvalue weighted by atomic mass is 16.5. The Hall–Kier alpha value is -8.15. The zero-order valence-corrected chi connectivity index (χ0v) is 32.7. The molecule has 13 rings (SSSR count). The molecule has 2 aliphatic rings. The second-order valence-corrected chi connectivity index (χ2v) is 15.9. The number of benzene rings is 9. The largest absolute Gasteiger partial charge is 0.457 e. The van der Waals surface area contributed by atoms with E-state index in [9.17, 15) is 0 Å². The van der Waals surface area contributed by atoms with Crippen molar-refractivity contribution in [2.75, 3.05) is 0 Å². The average molecular weight is 780 g/mol. The van der Waals surface area contributed by atoms with Gasteiger partial charge in [0.1, 0.15) is 22.7 Å². The van der Waals surface area contributed by atoms with Crippen LogP contribution >= 0.6 is 0 Å². The van der Waals surface area contributed by atoms with Crippen LogP contribution in [0, 0.1) is 0 Å². The zero-order chi connectivity index (χ0) is 40.1. The molecule has 0 saturated carbocycles. The quantitative estimate of drug-likeness (QED) is 0.178. The maximum Gasteiger partial charge on any atom is 0.164 e. The van der Waals surface area contributed by atoms with Gasteiger partial charge in [0, 0.05) is 38.6 Å². The van der Waals surface area contributed by atoms with Gasteiger partial charge in [-0.1, -0.05) is 164 Å². The molecule has 9 aromatic carbocycles. The Bertz CT molecular complexity index is 3530. The van der Waals surface area contributed by atoms with Crippen LogP contribution < -0.4 is 4.74 Å². The Kier molecular flexibility index (Phi) is 7.16. The summed E-state index contributed by atoms with van der Waals surface area (Å²) in [6, 6.07) is 70.1. The molecule has 0 atom stereocenters. The second kappa shape index (κ2) is 12.9. The number of aromatic nitrogens is 3. The lowest BCUT2D eigenvalue weighted by atomic mass is 9.66. The third-order valence-corrected chi connectivity index (χ3v) is 12.6. The Balaban J connectivity index is 1.01. The van der Waals surface area contributed by atoms with Crippen molar-refractivity contribution in [3.8, 4) is 67.9 Å². The zero-order valence-electron chi connectivity index (χ0n) is 32.7. The van der Waals surface area contributed by atoms with Crippen molar-refractivity contribution in [1.29, 1.82) is 0 Å². The van der Waals surface area contributed by atoms with Crippen molar-refractivity contribution >= 4 is 32.7 Å². The van der Waals surface area contributed by atoms with Crippen LogP contribution in [0.3, 0.4) is 0 Å². The maximum atomic E-state index is 6.86. The van der Waals surface area contributed by atoms with Crippen LogP contribution in [0.1, 0.15) is 22.3 Å². The lowest BCUT2D eigenvalue weighted by molar-refractivity contribution is 0.436. The minimum atomic E-state index is -0.592. The second-order valence-electron chi connectivity index (χ2n) is 15.9. The van der Waals surface area contributed by atoms with E-state index in [-0.39, 0.29) is 0 Å². The molecule has 0 radical (unpaired) electrons. The monoisotopic (exact) mass is 779 g/mol. The number of nitrogens with zero attached hydrogens (tertiary/aromatic N) is 3. The molecule has 1 spiro atoms. The van der Waals surface area contributed by atoms with E-state index < -0.39 is 5.41 Å². The smallest absolute Gasteiger partial charge is 0.164 e. The first-order valence-electron chi connectivity index (χ1n) is 20.6. The van der Waals surface area contributed by atoms with E-state index in [1.54, 1.807) is 0 Å². The molecule has 11 aromatic rings. The average Bonchev–Trinajstić information content (AvgIpc) is 3.84. The van der Waals surface area contributed by atoms with Crippen LogP contribution in [0.4, 0.5) is 0 Å². The SMILES string of the molecule is c1ccc(-c2nc(-c3ccc(-c4ccc5ccccc5c4)cc3)nc(-c3cccc4oc5cc6c(cc5c34)-c3ccccc3C63c4ccccc4Oc4ccccc43)n2)cc1. The Morgan fingerprint density at radius 3 is 1.70 bits per heavy atom. The molecule has 0 N–H and O–H groups in total. The molecule has 0 amide bonds. The standard InChI is InChI=1S/C56H33N3O2/c1-2-14-36(15-3-1)53-57-54(37-28-25-35(26-29-37)39-30-27-34-13-4-5-16-38(34)31-39)59-55(58-53)41-18-12-24-50-52(41)43-32-42-40-17-6-7-19-44(40)56(47(42)33-51(43)61-50)45-20-8-10-22-48(45)60-49-23-11-9-21-46(49)56/h1-33H. The van der Waals surface area contributed by atoms with Crippen LogP contribution in [-0.2, 0) is 5.41 Å². The molecule has 284 valence electrons. The molecule has 0 bridgehead atoms. The van der Waals surface area contributed by atoms with Gasteiger partial charge in [-0.25, -0.2) is 15.0 Å². The highest BCUT2D eigenvalue weighted by Gasteiger charge is 2.51. The van der Waals surface area contributed by atoms with Gasteiger partial charge >= 0.3 is 0 Å². The van der Waals surface area contributed by atoms with E-state index in [2.05, 4.69) is 146 Å². The number of fused-ring (bicyclic) bond motifs is 13. The molecule has 2 aromatic heterocycles. The summed E-state index contributed by atoms with van der Waals surface area (Å²) in [6.45, 7) is 0. The minimum absolute atomic E-state index is 0.584. The number of hydrogen-bond acceptors (Lipinski definition) is 5. The summed E-state index contributed by atoms with van der Waals surface area (Å²) in [7, 11) is 0.